The van der Waals surface area contributed by atoms with Crippen LogP contribution in [0.25, 0.3) is 0 Å². The maximum atomic E-state index is 13.2. The molecule has 0 aliphatic carbocycles. The van der Waals surface area contributed by atoms with E-state index in [4.69, 9.17) is 18.6 Å². The molecule has 3 heterocycles. The van der Waals surface area contributed by atoms with Crippen LogP contribution in [0, 0.1) is 0 Å². The van der Waals surface area contributed by atoms with E-state index in [1.807, 2.05) is 34.6 Å². The van der Waals surface area contributed by atoms with Gasteiger partial charge in [-0.1, -0.05) is 30.0 Å². The Kier molecular flexibility index (Phi) is 7.94. The van der Waals surface area contributed by atoms with Crippen LogP contribution in [0.1, 0.15) is 30.7 Å². The van der Waals surface area contributed by atoms with Crippen molar-refractivity contribution < 1.29 is 28.2 Å². The molecular formula is C25H27N3O6S. The van der Waals surface area contributed by atoms with E-state index in [1.54, 1.807) is 39.5 Å². The lowest BCUT2D eigenvalue weighted by molar-refractivity contribution is -0.141. The molecule has 0 saturated carbocycles. The molecule has 2 aliphatic rings. The molecule has 35 heavy (non-hydrogen) atoms. The van der Waals surface area contributed by atoms with Gasteiger partial charge in [-0.25, -0.2) is 9.79 Å². The summed E-state index contributed by atoms with van der Waals surface area (Å²) in [7, 11) is 3.13. The Morgan fingerprint density at radius 2 is 2.00 bits per heavy atom. The molecule has 0 bridgehead atoms. The van der Waals surface area contributed by atoms with E-state index in [-0.39, 0.29) is 25.5 Å². The standard InChI is InChI=1S/C25H27N3O6S/c1-16-22(24(30)34-12-11-31-2)23(19-8-4-5-9-20(19)32-3)28-17(15-35-25(28)27-16)13-21(29)26-14-18-7-6-10-33-18/h4-10,15,23H,11-14H2,1-3H3,(H,26,29). The molecule has 1 atom stereocenters. The lowest BCUT2D eigenvalue weighted by atomic mass is 9.93. The summed E-state index contributed by atoms with van der Waals surface area (Å²) in [4.78, 5) is 32.6. The number of nitrogens with one attached hydrogen (secondary N) is 1. The zero-order valence-corrected chi connectivity index (χ0v) is 20.6. The number of rotatable bonds is 10. The van der Waals surface area contributed by atoms with Crippen molar-refractivity contribution in [3.05, 3.63) is 76.4 Å². The fourth-order valence-corrected chi connectivity index (χ4v) is 4.90. The van der Waals surface area contributed by atoms with Gasteiger partial charge >= 0.3 is 5.97 Å². The van der Waals surface area contributed by atoms with Crippen LogP contribution in [0.4, 0.5) is 0 Å². The first kappa shape index (κ1) is 24.6. The highest BCUT2D eigenvalue weighted by Crippen LogP contribution is 2.46. The molecule has 1 N–H and O–H groups in total. The van der Waals surface area contributed by atoms with Gasteiger partial charge in [0.2, 0.25) is 5.91 Å². The zero-order chi connectivity index (χ0) is 24.8. The fourth-order valence-electron chi connectivity index (χ4n) is 3.94. The monoisotopic (exact) mass is 497 g/mol. The van der Waals surface area contributed by atoms with E-state index in [2.05, 4.69) is 10.3 Å². The van der Waals surface area contributed by atoms with E-state index in [9.17, 15) is 9.59 Å². The van der Waals surface area contributed by atoms with Crippen LogP contribution < -0.4 is 10.1 Å². The van der Waals surface area contributed by atoms with E-state index in [0.717, 1.165) is 11.3 Å². The van der Waals surface area contributed by atoms with Crippen LogP contribution >= 0.6 is 11.8 Å². The van der Waals surface area contributed by atoms with Crippen LogP contribution in [-0.4, -0.2) is 49.4 Å². The van der Waals surface area contributed by atoms with Crippen LogP contribution in [0.5, 0.6) is 5.75 Å². The highest BCUT2D eigenvalue weighted by Gasteiger charge is 2.42. The maximum absolute atomic E-state index is 13.2. The average Bonchev–Trinajstić information content (AvgIpc) is 3.52. The minimum Gasteiger partial charge on any atom is -0.496 e. The molecule has 0 saturated heterocycles. The SMILES string of the molecule is COCCOC(=O)C1=C(C)N=C2SC=C(CC(=O)NCc3ccco3)N2C1c1ccccc1OC. The number of fused-ring (bicyclic) bond motifs is 1. The molecule has 1 aromatic carbocycles. The van der Waals surface area contributed by atoms with Crippen molar-refractivity contribution >= 4 is 28.8 Å². The van der Waals surface area contributed by atoms with Gasteiger partial charge < -0.3 is 28.8 Å². The Hall–Kier alpha value is -3.50. The van der Waals surface area contributed by atoms with Crippen LogP contribution in [-0.2, 0) is 25.6 Å². The summed E-state index contributed by atoms with van der Waals surface area (Å²) in [5, 5.41) is 5.44. The number of amides is 1. The third kappa shape index (κ3) is 5.44. The fraction of sp³-hybridized carbons (Fsp3) is 0.320. The second kappa shape index (κ2) is 11.3. The number of carbonyl (C=O) groups is 2. The predicted octanol–water partition coefficient (Wildman–Crippen LogP) is 3.76. The van der Waals surface area contributed by atoms with Crippen LogP contribution in [0.3, 0.4) is 0 Å². The number of thioether (sulfide) groups is 1. The number of hydrogen-bond acceptors (Lipinski definition) is 9. The number of methoxy groups -OCH3 is 2. The van der Waals surface area contributed by atoms with Crippen molar-refractivity contribution in [1.29, 1.82) is 0 Å². The molecule has 1 amide bonds. The predicted molar refractivity (Wildman–Crippen MR) is 131 cm³/mol. The molecular weight excluding hydrogens is 470 g/mol. The summed E-state index contributed by atoms with van der Waals surface area (Å²) in [6.45, 7) is 2.48. The molecule has 9 nitrogen and oxygen atoms in total. The largest absolute Gasteiger partial charge is 0.496 e. The Labute approximate surface area is 207 Å². The number of ether oxygens (including phenoxy) is 3. The summed E-state index contributed by atoms with van der Waals surface area (Å²) < 4.78 is 21.4. The third-order valence-electron chi connectivity index (χ3n) is 5.56. The summed E-state index contributed by atoms with van der Waals surface area (Å²) in [5.74, 6) is 0.618. The Balaban J connectivity index is 1.64. The molecule has 0 radical (unpaired) electrons. The van der Waals surface area contributed by atoms with E-state index in [0.29, 0.717) is 34.5 Å². The summed E-state index contributed by atoms with van der Waals surface area (Å²) >= 11 is 1.41. The number of amidine groups is 1. The van der Waals surface area contributed by atoms with E-state index >= 15 is 0 Å². The summed E-state index contributed by atoms with van der Waals surface area (Å²) in [6, 6.07) is 10.5. The minimum absolute atomic E-state index is 0.101. The molecule has 2 aromatic rings. The molecule has 0 spiro atoms. The zero-order valence-electron chi connectivity index (χ0n) is 19.8. The molecule has 1 aromatic heterocycles. The number of aliphatic imine (C=N–C) groups is 1. The van der Waals surface area contributed by atoms with Gasteiger partial charge in [0, 0.05) is 18.4 Å². The number of nitrogens with zero attached hydrogens (tertiary/aromatic N) is 2. The van der Waals surface area contributed by atoms with Crippen molar-refractivity contribution in [3.63, 3.8) is 0 Å². The number of carbonyl (C=O) groups excluding carboxylic acids is 2. The Morgan fingerprint density at radius 1 is 1.17 bits per heavy atom. The molecule has 184 valence electrons. The third-order valence-corrected chi connectivity index (χ3v) is 6.44. The molecule has 1 unspecified atom stereocenters. The molecule has 2 aliphatic heterocycles. The number of benzene rings is 1. The number of para-hydroxylation sites is 1. The Morgan fingerprint density at radius 3 is 2.74 bits per heavy atom. The van der Waals surface area contributed by atoms with Gasteiger partial charge in [0.15, 0.2) is 5.17 Å². The molecule has 4 rings (SSSR count). The van der Waals surface area contributed by atoms with Gasteiger partial charge in [0.1, 0.15) is 18.1 Å². The van der Waals surface area contributed by atoms with Crippen molar-refractivity contribution in [1.82, 2.24) is 10.2 Å². The van der Waals surface area contributed by atoms with Crippen LogP contribution in [0.2, 0.25) is 0 Å². The summed E-state index contributed by atoms with van der Waals surface area (Å²) in [6.07, 6.45) is 1.66. The van der Waals surface area contributed by atoms with Gasteiger partial charge in [-0.15, -0.1) is 0 Å². The van der Waals surface area contributed by atoms with Gasteiger partial charge in [-0.2, -0.15) is 0 Å². The molecule has 10 heteroatoms. The summed E-state index contributed by atoms with van der Waals surface area (Å²) in [5.41, 5.74) is 2.43. The number of esters is 1. The highest BCUT2D eigenvalue weighted by atomic mass is 32.2. The van der Waals surface area contributed by atoms with E-state index in [1.165, 1.54) is 11.8 Å². The smallest absolute Gasteiger partial charge is 0.338 e. The quantitative estimate of drug-likeness (QED) is 0.391. The van der Waals surface area contributed by atoms with Crippen molar-refractivity contribution in [3.8, 4) is 5.75 Å². The topological polar surface area (TPSA) is 103 Å². The first-order valence-corrected chi connectivity index (χ1v) is 11.9. The van der Waals surface area contributed by atoms with Crippen LogP contribution in [0.15, 0.2) is 74.4 Å². The normalized spacial score (nSPS) is 17.0. The molecule has 0 fully saturated rings. The minimum atomic E-state index is -0.576. The highest BCUT2D eigenvalue weighted by molar-refractivity contribution is 8.16. The number of hydrogen-bond donors (Lipinski definition) is 1. The lowest BCUT2D eigenvalue weighted by Gasteiger charge is -2.36. The maximum Gasteiger partial charge on any atom is 0.338 e. The van der Waals surface area contributed by atoms with Gasteiger partial charge in [0.05, 0.1) is 50.3 Å². The number of furan rings is 1. The van der Waals surface area contributed by atoms with Gasteiger partial charge in [0.25, 0.3) is 0 Å². The second-order valence-electron chi connectivity index (χ2n) is 7.80. The van der Waals surface area contributed by atoms with Crippen molar-refractivity contribution in [2.75, 3.05) is 27.4 Å². The second-order valence-corrected chi connectivity index (χ2v) is 8.63. The average molecular weight is 498 g/mol. The first-order chi connectivity index (χ1) is 17.0. The number of allylic oxidation sites excluding steroid dienone is 1. The van der Waals surface area contributed by atoms with Gasteiger partial charge in [-0.3, -0.25) is 4.79 Å². The van der Waals surface area contributed by atoms with Gasteiger partial charge in [-0.05, 0) is 30.5 Å². The van der Waals surface area contributed by atoms with E-state index < -0.39 is 12.0 Å². The first-order valence-electron chi connectivity index (χ1n) is 11.1. The lowest BCUT2D eigenvalue weighted by Crippen LogP contribution is -2.38. The Bertz CT molecular complexity index is 1170. The van der Waals surface area contributed by atoms with Crippen molar-refractivity contribution in [2.45, 2.75) is 25.9 Å². The van der Waals surface area contributed by atoms with Crippen molar-refractivity contribution in [2.24, 2.45) is 4.99 Å².